The van der Waals surface area contributed by atoms with E-state index in [9.17, 15) is 15.0 Å². The summed E-state index contributed by atoms with van der Waals surface area (Å²) in [5.74, 6) is -0.399. The van der Waals surface area contributed by atoms with E-state index in [0.29, 0.717) is 11.2 Å². The molecule has 0 spiro atoms. The molecule has 5 N–H and O–H groups in total. The number of nitrogen functional groups attached to an aromatic ring is 1. The van der Waals surface area contributed by atoms with E-state index in [1.165, 1.54) is 0 Å². The third-order valence-electron chi connectivity index (χ3n) is 3.96. The normalized spacial score (nSPS) is 29.3. The first kappa shape index (κ1) is 14.0. The van der Waals surface area contributed by atoms with E-state index in [-0.39, 0.29) is 24.2 Å². The van der Waals surface area contributed by atoms with Gasteiger partial charge in [0.25, 0.3) is 11.5 Å². The largest absolute Gasteiger partial charge is 0.396 e. The zero-order chi connectivity index (χ0) is 15.3. The number of imidazole rings is 1. The van der Waals surface area contributed by atoms with E-state index in [2.05, 4.69) is 9.97 Å². The molecule has 0 unspecified atom stereocenters. The molecule has 1 aliphatic rings. The Balaban J connectivity index is 2.16. The van der Waals surface area contributed by atoms with Crippen LogP contribution in [0.1, 0.15) is 13.2 Å². The van der Waals surface area contributed by atoms with Crippen LogP contribution in [0.3, 0.4) is 0 Å². The average molecular weight is 296 g/mol. The number of fused-ring (bicyclic) bond motifs is 1. The van der Waals surface area contributed by atoms with E-state index < -0.39 is 18.2 Å². The minimum absolute atomic E-state index is 0.00769. The summed E-state index contributed by atoms with van der Waals surface area (Å²) < 4.78 is 8.87. The van der Waals surface area contributed by atoms with Crippen molar-refractivity contribution in [1.29, 1.82) is 0 Å². The lowest BCUT2D eigenvalue weighted by Gasteiger charge is -2.14. The van der Waals surface area contributed by atoms with Crippen molar-refractivity contribution in [2.75, 3.05) is 12.3 Å². The van der Waals surface area contributed by atoms with Crippen LogP contribution in [-0.2, 0) is 11.8 Å². The molecule has 0 bridgehead atoms. The minimum Gasteiger partial charge on any atom is -0.396 e. The van der Waals surface area contributed by atoms with Gasteiger partial charge in [-0.15, -0.1) is 0 Å². The fraction of sp³-hybridized carbons (Fsp3) is 0.583. The second-order valence-corrected chi connectivity index (χ2v) is 5.33. The van der Waals surface area contributed by atoms with Crippen LogP contribution in [0.15, 0.2) is 11.1 Å². The number of aromatic nitrogens is 4. The molecule has 114 valence electrons. The Morgan fingerprint density at radius 1 is 1.62 bits per heavy atom. The van der Waals surface area contributed by atoms with Crippen LogP contribution in [0.2, 0.25) is 0 Å². The first-order valence-electron chi connectivity index (χ1n) is 6.64. The fourth-order valence-corrected chi connectivity index (χ4v) is 2.83. The number of anilines is 1. The maximum Gasteiger partial charge on any atom is 0.313 e. The second kappa shape index (κ2) is 4.79. The predicted molar refractivity (Wildman–Crippen MR) is 72.1 cm³/mol. The highest BCUT2D eigenvalue weighted by Gasteiger charge is 2.45. The Bertz CT molecular complexity index is 739. The molecule has 0 saturated carbocycles. The van der Waals surface area contributed by atoms with Crippen molar-refractivity contribution in [2.24, 2.45) is 13.0 Å². The van der Waals surface area contributed by atoms with E-state index in [0.717, 1.165) is 0 Å². The van der Waals surface area contributed by atoms with Crippen molar-refractivity contribution < 1.29 is 19.5 Å². The van der Waals surface area contributed by atoms with E-state index in [1.807, 2.05) is 0 Å². The zero-order valence-corrected chi connectivity index (χ0v) is 11.7. The lowest BCUT2D eigenvalue weighted by Crippen LogP contribution is -2.45. The van der Waals surface area contributed by atoms with Gasteiger partial charge in [0.1, 0.15) is 6.10 Å². The van der Waals surface area contributed by atoms with Gasteiger partial charge in [0.2, 0.25) is 11.7 Å². The molecule has 1 fully saturated rings. The van der Waals surface area contributed by atoms with Crippen LogP contribution in [0.25, 0.3) is 11.2 Å². The van der Waals surface area contributed by atoms with E-state index >= 15 is 0 Å². The number of hydrogen-bond acceptors (Lipinski definition) is 6. The Kier molecular flexibility index (Phi) is 3.19. The monoisotopic (exact) mass is 296 g/mol. The third-order valence-corrected chi connectivity index (χ3v) is 3.96. The molecule has 3 heterocycles. The van der Waals surface area contributed by atoms with Crippen molar-refractivity contribution in [3.63, 3.8) is 0 Å². The van der Waals surface area contributed by atoms with Crippen LogP contribution in [-0.4, -0.2) is 43.6 Å². The molecule has 0 aliphatic carbocycles. The van der Waals surface area contributed by atoms with Crippen LogP contribution < -0.4 is 15.9 Å². The number of ether oxygens (including phenoxy) is 1. The second-order valence-electron chi connectivity index (χ2n) is 5.33. The maximum absolute atomic E-state index is 12.0. The highest BCUT2D eigenvalue weighted by molar-refractivity contribution is 5.67. The highest BCUT2D eigenvalue weighted by atomic mass is 16.5. The van der Waals surface area contributed by atoms with Gasteiger partial charge in [0.05, 0.1) is 19.8 Å². The molecule has 1 aliphatic heterocycles. The van der Waals surface area contributed by atoms with Crippen molar-refractivity contribution in [3.05, 3.63) is 16.7 Å². The number of aryl methyl sites for hydroxylation is 1. The Morgan fingerprint density at radius 3 is 2.95 bits per heavy atom. The zero-order valence-electron chi connectivity index (χ0n) is 11.7. The van der Waals surface area contributed by atoms with Gasteiger partial charge in [-0.1, -0.05) is 4.98 Å². The predicted octanol–water partition coefficient (Wildman–Crippen LogP) is -1.98. The third kappa shape index (κ3) is 2.01. The summed E-state index contributed by atoms with van der Waals surface area (Å²) >= 11 is 0. The number of rotatable bonds is 2. The van der Waals surface area contributed by atoms with Gasteiger partial charge in [-0.2, -0.15) is 0 Å². The van der Waals surface area contributed by atoms with E-state index in [1.54, 1.807) is 29.4 Å². The van der Waals surface area contributed by atoms with Crippen molar-refractivity contribution in [2.45, 2.75) is 25.4 Å². The lowest BCUT2D eigenvalue weighted by atomic mass is 10.0. The smallest absolute Gasteiger partial charge is 0.313 e. The summed E-state index contributed by atoms with van der Waals surface area (Å²) in [5, 5.41) is 19.7. The molecular weight excluding hydrogens is 278 g/mol. The van der Waals surface area contributed by atoms with Gasteiger partial charge in [-0.05, 0) is 6.92 Å². The van der Waals surface area contributed by atoms with E-state index in [4.69, 9.17) is 10.5 Å². The summed E-state index contributed by atoms with van der Waals surface area (Å²) in [4.78, 5) is 18.5. The average Bonchev–Trinajstić information content (AvgIpc) is 2.87. The topological polar surface area (TPSA) is 130 Å². The van der Waals surface area contributed by atoms with Crippen LogP contribution in [0.4, 0.5) is 5.95 Å². The molecule has 0 amide bonds. The number of nitrogens with one attached hydrogen (secondary N) is 1. The molecule has 0 radical (unpaired) electrons. The molecule has 9 nitrogen and oxygen atoms in total. The molecule has 2 aromatic heterocycles. The Labute approximate surface area is 119 Å². The summed E-state index contributed by atoms with van der Waals surface area (Å²) in [5.41, 5.74) is 5.88. The number of aliphatic hydroxyl groups is 2. The summed E-state index contributed by atoms with van der Waals surface area (Å²) in [6.45, 7) is 1.60. The molecule has 4 atom stereocenters. The molecule has 0 aromatic carbocycles. The summed E-state index contributed by atoms with van der Waals surface area (Å²) in [7, 11) is 1.69. The summed E-state index contributed by atoms with van der Waals surface area (Å²) in [6.07, 6.45) is -0.318. The molecule has 1 saturated heterocycles. The van der Waals surface area contributed by atoms with Gasteiger partial charge in [0, 0.05) is 5.92 Å². The van der Waals surface area contributed by atoms with Gasteiger partial charge in [-0.3, -0.25) is 14.3 Å². The number of aliphatic hydroxyl groups excluding tert-OH is 2. The molecule has 3 rings (SSSR count). The van der Waals surface area contributed by atoms with Gasteiger partial charge in [-0.25, -0.2) is 4.57 Å². The molecular formula is C12H18N5O4+. The standard InChI is InChI=1S/C12H17N5O4/c1-5-6(3-18)8(19)11(21-5)17-4-16(2)7-9(17)14-12(13)15-10(7)20/h4-6,8,11,18-19H,3H2,1-2H3,(H2-,13,14,15,20)/p+1/t5-,6-,8-,11-/m1/s1. The Hall–Kier alpha value is -1.97. The SMILES string of the molecule is C[C@H]1O[C@@H]([n+]2cn(C)c3c(=O)[nH]c(N)nc32)[C@H](O)[C@@H]1CO. The first-order valence-corrected chi connectivity index (χ1v) is 6.64. The van der Waals surface area contributed by atoms with Crippen LogP contribution in [0, 0.1) is 5.92 Å². The summed E-state index contributed by atoms with van der Waals surface area (Å²) in [6, 6.07) is 0. The first-order chi connectivity index (χ1) is 9.93. The van der Waals surface area contributed by atoms with Crippen molar-refractivity contribution >= 4 is 17.1 Å². The molecule has 9 heteroatoms. The molecule has 21 heavy (non-hydrogen) atoms. The van der Waals surface area contributed by atoms with Gasteiger partial charge < -0.3 is 20.7 Å². The number of H-pyrrole nitrogens is 1. The van der Waals surface area contributed by atoms with Gasteiger partial charge >= 0.3 is 5.65 Å². The molecule has 2 aromatic rings. The number of nitrogens with two attached hydrogens (primary N) is 1. The minimum atomic E-state index is -0.900. The maximum atomic E-state index is 12.0. The van der Waals surface area contributed by atoms with Gasteiger partial charge in [0.15, 0.2) is 6.33 Å². The fourth-order valence-electron chi connectivity index (χ4n) is 2.83. The Morgan fingerprint density at radius 2 is 2.33 bits per heavy atom. The van der Waals surface area contributed by atoms with Crippen LogP contribution in [0.5, 0.6) is 0 Å². The lowest BCUT2D eigenvalue weighted by molar-refractivity contribution is -0.745. The van der Waals surface area contributed by atoms with Crippen LogP contribution >= 0.6 is 0 Å². The highest BCUT2D eigenvalue weighted by Crippen LogP contribution is 2.30. The van der Waals surface area contributed by atoms with Crippen molar-refractivity contribution in [3.8, 4) is 0 Å². The van der Waals surface area contributed by atoms with Crippen molar-refractivity contribution in [1.82, 2.24) is 14.5 Å². The number of nitrogens with zero attached hydrogens (tertiary/aromatic N) is 3. The quantitative estimate of drug-likeness (QED) is 0.475. The number of hydrogen-bond donors (Lipinski definition) is 4. The number of aromatic amines is 1.